The van der Waals surface area contributed by atoms with E-state index in [0.29, 0.717) is 19.4 Å². The molecular weight excluding hydrogens is 156 g/mol. The Balaban J connectivity index is 2.61. The van der Waals surface area contributed by atoms with Crippen LogP contribution < -0.4 is 0 Å². The molecule has 0 amide bonds. The van der Waals surface area contributed by atoms with Crippen LogP contribution in [0.2, 0.25) is 0 Å². The summed E-state index contributed by atoms with van der Waals surface area (Å²) in [5.41, 5.74) is -1.33. The van der Waals surface area contributed by atoms with Crippen molar-refractivity contribution in [3.8, 4) is 0 Å². The van der Waals surface area contributed by atoms with Gasteiger partial charge in [0.05, 0.1) is 6.10 Å². The molecule has 3 nitrogen and oxygen atoms in total. The van der Waals surface area contributed by atoms with Gasteiger partial charge >= 0.3 is 0 Å². The van der Waals surface area contributed by atoms with Crippen LogP contribution in [0.4, 0.5) is 0 Å². The van der Waals surface area contributed by atoms with Gasteiger partial charge in [-0.1, -0.05) is 12.7 Å². The van der Waals surface area contributed by atoms with Gasteiger partial charge in [-0.2, -0.15) is 0 Å². The smallest absolute Gasteiger partial charge is 0.170 e. The third-order valence-corrected chi connectivity index (χ3v) is 2.17. The van der Waals surface area contributed by atoms with E-state index in [-0.39, 0.29) is 11.9 Å². The fourth-order valence-corrected chi connectivity index (χ4v) is 1.47. The fourth-order valence-electron chi connectivity index (χ4n) is 1.47. The Hall–Kier alpha value is -0.670. The molecule has 2 unspecified atom stereocenters. The van der Waals surface area contributed by atoms with Gasteiger partial charge in [0.25, 0.3) is 0 Å². The molecule has 0 aliphatic heterocycles. The number of hydrogen-bond acceptors (Lipinski definition) is 3. The SMILES string of the molecule is C=CC1(O)CC(OCC)CC1=O. The van der Waals surface area contributed by atoms with Gasteiger partial charge in [0.2, 0.25) is 0 Å². The third-order valence-electron chi connectivity index (χ3n) is 2.17. The fraction of sp³-hybridized carbons (Fsp3) is 0.667. The normalized spacial score (nSPS) is 35.5. The molecule has 1 aliphatic rings. The molecule has 0 aromatic rings. The number of hydrogen-bond donors (Lipinski definition) is 1. The molecule has 2 atom stereocenters. The lowest BCUT2D eigenvalue weighted by Gasteiger charge is -2.15. The molecule has 0 spiro atoms. The topological polar surface area (TPSA) is 46.5 Å². The van der Waals surface area contributed by atoms with Crippen LogP contribution in [-0.2, 0) is 9.53 Å². The summed E-state index contributed by atoms with van der Waals surface area (Å²) >= 11 is 0. The average Bonchev–Trinajstić information content (AvgIpc) is 2.30. The zero-order chi connectivity index (χ0) is 9.19. The Kier molecular flexibility index (Phi) is 2.65. The lowest BCUT2D eigenvalue weighted by molar-refractivity contribution is -0.129. The minimum Gasteiger partial charge on any atom is -0.378 e. The molecule has 1 rings (SSSR count). The van der Waals surface area contributed by atoms with Gasteiger partial charge < -0.3 is 9.84 Å². The van der Waals surface area contributed by atoms with Crippen LogP contribution in [0.5, 0.6) is 0 Å². The largest absolute Gasteiger partial charge is 0.378 e. The molecule has 1 aliphatic carbocycles. The van der Waals surface area contributed by atoms with Crippen LogP contribution in [0.25, 0.3) is 0 Å². The van der Waals surface area contributed by atoms with E-state index in [9.17, 15) is 9.90 Å². The lowest BCUT2D eigenvalue weighted by Crippen LogP contribution is -2.30. The summed E-state index contributed by atoms with van der Waals surface area (Å²) in [5, 5.41) is 9.62. The quantitative estimate of drug-likeness (QED) is 0.633. The van der Waals surface area contributed by atoms with Gasteiger partial charge in [-0.15, -0.1) is 0 Å². The highest BCUT2D eigenvalue weighted by Crippen LogP contribution is 2.29. The summed E-state index contributed by atoms with van der Waals surface area (Å²) in [5.74, 6) is -0.184. The molecule has 3 heteroatoms. The molecular formula is C9H14O3. The number of ketones is 1. The molecule has 0 saturated heterocycles. The first-order valence-corrected chi connectivity index (χ1v) is 4.13. The number of ether oxygens (including phenoxy) is 1. The molecule has 0 radical (unpaired) electrons. The summed E-state index contributed by atoms with van der Waals surface area (Å²) in [4.78, 5) is 11.2. The van der Waals surface area contributed by atoms with Crippen molar-refractivity contribution in [2.75, 3.05) is 6.61 Å². The Morgan fingerprint density at radius 1 is 1.92 bits per heavy atom. The van der Waals surface area contributed by atoms with Crippen LogP contribution in [0, 0.1) is 0 Å². The molecule has 0 aromatic carbocycles. The van der Waals surface area contributed by atoms with E-state index in [1.165, 1.54) is 6.08 Å². The van der Waals surface area contributed by atoms with Crippen LogP contribution in [0.1, 0.15) is 19.8 Å². The van der Waals surface area contributed by atoms with Crippen molar-refractivity contribution in [1.29, 1.82) is 0 Å². The van der Waals surface area contributed by atoms with Crippen molar-refractivity contribution in [3.05, 3.63) is 12.7 Å². The predicted octanol–water partition coefficient (Wildman–Crippen LogP) is 0.671. The zero-order valence-electron chi connectivity index (χ0n) is 7.25. The van der Waals surface area contributed by atoms with Crippen molar-refractivity contribution < 1.29 is 14.6 Å². The summed E-state index contributed by atoms with van der Waals surface area (Å²) in [6.45, 7) is 5.88. The Morgan fingerprint density at radius 2 is 2.58 bits per heavy atom. The second-order valence-electron chi connectivity index (χ2n) is 3.04. The first kappa shape index (κ1) is 9.42. The molecule has 12 heavy (non-hydrogen) atoms. The minimum absolute atomic E-state index is 0.134. The van der Waals surface area contributed by atoms with Crippen LogP contribution in [0.15, 0.2) is 12.7 Å². The highest BCUT2D eigenvalue weighted by atomic mass is 16.5. The van der Waals surface area contributed by atoms with Gasteiger partial charge in [-0.05, 0) is 6.92 Å². The maximum atomic E-state index is 11.2. The highest BCUT2D eigenvalue weighted by Gasteiger charge is 2.43. The van der Waals surface area contributed by atoms with Crippen molar-refractivity contribution in [2.45, 2.75) is 31.5 Å². The van der Waals surface area contributed by atoms with Gasteiger partial charge in [0.1, 0.15) is 5.60 Å². The van der Waals surface area contributed by atoms with Gasteiger partial charge in [-0.25, -0.2) is 0 Å². The van der Waals surface area contributed by atoms with Crippen LogP contribution >= 0.6 is 0 Å². The summed E-state index contributed by atoms with van der Waals surface area (Å²) in [6, 6.07) is 0. The van der Waals surface area contributed by atoms with E-state index in [0.717, 1.165) is 0 Å². The van der Waals surface area contributed by atoms with Crippen LogP contribution in [0.3, 0.4) is 0 Å². The van der Waals surface area contributed by atoms with E-state index in [4.69, 9.17) is 4.74 Å². The van der Waals surface area contributed by atoms with Crippen molar-refractivity contribution in [1.82, 2.24) is 0 Å². The first-order chi connectivity index (χ1) is 5.62. The first-order valence-electron chi connectivity index (χ1n) is 4.13. The predicted molar refractivity (Wildman–Crippen MR) is 44.8 cm³/mol. The monoisotopic (exact) mass is 170 g/mol. The average molecular weight is 170 g/mol. The molecule has 0 aromatic heterocycles. The van der Waals surface area contributed by atoms with E-state index in [1.807, 2.05) is 6.92 Å². The maximum Gasteiger partial charge on any atom is 0.170 e. The van der Waals surface area contributed by atoms with Gasteiger partial charge in [-0.3, -0.25) is 4.79 Å². The Bertz CT molecular complexity index is 200. The molecule has 0 heterocycles. The molecule has 0 bridgehead atoms. The van der Waals surface area contributed by atoms with Crippen molar-refractivity contribution in [2.24, 2.45) is 0 Å². The van der Waals surface area contributed by atoms with Gasteiger partial charge in [0, 0.05) is 19.4 Å². The maximum absolute atomic E-state index is 11.2. The minimum atomic E-state index is -1.33. The zero-order valence-corrected chi connectivity index (χ0v) is 7.25. The van der Waals surface area contributed by atoms with E-state index >= 15 is 0 Å². The molecule has 1 fully saturated rings. The number of Topliss-reactive ketones (excluding diaryl/α,β-unsaturated/α-hetero) is 1. The molecule has 1 saturated carbocycles. The third kappa shape index (κ3) is 1.57. The number of aliphatic hydroxyl groups is 1. The second kappa shape index (κ2) is 3.37. The summed E-state index contributed by atoms with van der Waals surface area (Å²) in [6.07, 6.45) is 1.82. The van der Waals surface area contributed by atoms with E-state index < -0.39 is 5.60 Å². The second-order valence-corrected chi connectivity index (χ2v) is 3.04. The van der Waals surface area contributed by atoms with E-state index in [2.05, 4.69) is 6.58 Å². The highest BCUT2D eigenvalue weighted by molar-refractivity contribution is 5.91. The lowest BCUT2D eigenvalue weighted by atomic mass is 10.0. The van der Waals surface area contributed by atoms with E-state index in [1.54, 1.807) is 0 Å². The molecule has 68 valence electrons. The standard InChI is InChI=1S/C9H14O3/c1-3-9(11)6-7(12-4-2)5-8(9)10/h3,7,11H,1,4-6H2,2H3. The summed E-state index contributed by atoms with van der Waals surface area (Å²) < 4.78 is 5.24. The Labute approximate surface area is 72.0 Å². The van der Waals surface area contributed by atoms with Crippen molar-refractivity contribution >= 4 is 5.78 Å². The molecule has 1 N–H and O–H groups in total. The number of rotatable bonds is 3. The van der Waals surface area contributed by atoms with Crippen LogP contribution in [-0.4, -0.2) is 29.2 Å². The van der Waals surface area contributed by atoms with Crippen molar-refractivity contribution in [3.63, 3.8) is 0 Å². The summed E-state index contributed by atoms with van der Waals surface area (Å²) in [7, 11) is 0. The number of carbonyl (C=O) groups excluding carboxylic acids is 1. The number of carbonyl (C=O) groups is 1. The van der Waals surface area contributed by atoms with Gasteiger partial charge in [0.15, 0.2) is 5.78 Å². The Morgan fingerprint density at radius 3 is 3.00 bits per heavy atom.